The third kappa shape index (κ3) is 7.83. The quantitative estimate of drug-likeness (QED) is 0.318. The molecule has 0 bridgehead atoms. The molecule has 0 aliphatic carbocycles. The Morgan fingerprint density at radius 2 is 1.77 bits per heavy atom. The van der Waals surface area contributed by atoms with Crippen LogP contribution in [0.3, 0.4) is 0 Å². The van der Waals surface area contributed by atoms with Crippen LogP contribution in [0.4, 0.5) is 0 Å². The van der Waals surface area contributed by atoms with Crippen molar-refractivity contribution in [3.05, 3.63) is 29.3 Å². The van der Waals surface area contributed by atoms with E-state index in [-0.39, 0.29) is 16.6 Å². The summed E-state index contributed by atoms with van der Waals surface area (Å²) in [7, 11) is 1.49. The first-order chi connectivity index (χ1) is 12.1. The summed E-state index contributed by atoms with van der Waals surface area (Å²) in [6.07, 6.45) is 0.894. The van der Waals surface area contributed by atoms with Crippen LogP contribution in [0, 0.1) is 0 Å². The van der Waals surface area contributed by atoms with Gasteiger partial charge in [-0.2, -0.15) is 4.31 Å². The van der Waals surface area contributed by atoms with Gasteiger partial charge < -0.3 is 10.2 Å². The Morgan fingerprint density at radius 1 is 1.15 bits per heavy atom. The van der Waals surface area contributed by atoms with Gasteiger partial charge in [-0.25, -0.2) is 8.42 Å². The minimum absolute atomic E-state index is 0.0586. The molecule has 0 saturated heterocycles. The number of hydrogen-bond donors (Lipinski definition) is 3. The first kappa shape index (κ1) is 22.6. The van der Waals surface area contributed by atoms with Crippen LogP contribution in [0.1, 0.15) is 6.42 Å². The second kappa shape index (κ2) is 10.6. The van der Waals surface area contributed by atoms with Crippen LogP contribution in [0.25, 0.3) is 0 Å². The summed E-state index contributed by atoms with van der Waals surface area (Å²) < 4.78 is 25.7. The van der Waals surface area contributed by atoms with E-state index in [0.29, 0.717) is 11.6 Å². The van der Waals surface area contributed by atoms with E-state index in [1.54, 1.807) is 0 Å². The number of sulfonamides is 1. The fraction of sp³-hybridized carbons (Fsp3) is 0.467. The molecule has 1 rings (SSSR count). The first-order valence-corrected chi connectivity index (χ1v) is 10.0. The molecule has 0 saturated carbocycles. The number of nitrogens with one attached hydrogen (secondary N) is 3. The predicted octanol–water partition coefficient (Wildman–Crippen LogP) is 0.408. The Morgan fingerprint density at radius 3 is 2.35 bits per heavy atom. The van der Waals surface area contributed by atoms with Crippen LogP contribution >= 0.6 is 23.8 Å². The number of rotatable bonds is 8. The van der Waals surface area contributed by atoms with E-state index in [1.807, 2.05) is 14.1 Å². The third-order valence-electron chi connectivity index (χ3n) is 3.27. The van der Waals surface area contributed by atoms with E-state index < -0.39 is 15.9 Å². The molecule has 0 atom stereocenters. The van der Waals surface area contributed by atoms with Crippen molar-refractivity contribution >= 4 is 44.9 Å². The largest absolute Gasteiger partial charge is 0.361 e. The van der Waals surface area contributed by atoms with Gasteiger partial charge in [-0.05, 0) is 63.5 Å². The number of thiocarbonyl (C=S) groups is 1. The van der Waals surface area contributed by atoms with Crippen LogP contribution in [-0.2, 0) is 14.8 Å². The lowest BCUT2D eigenvalue weighted by molar-refractivity contribution is -0.121. The van der Waals surface area contributed by atoms with Gasteiger partial charge in [-0.1, -0.05) is 11.6 Å². The lowest BCUT2D eigenvalue weighted by Gasteiger charge is -2.18. The molecule has 11 heteroatoms. The van der Waals surface area contributed by atoms with Crippen LogP contribution < -0.4 is 16.2 Å². The number of carbonyl (C=O) groups is 1. The van der Waals surface area contributed by atoms with E-state index in [2.05, 4.69) is 21.1 Å². The van der Waals surface area contributed by atoms with Gasteiger partial charge in [0.25, 0.3) is 5.91 Å². The third-order valence-corrected chi connectivity index (χ3v) is 5.59. The van der Waals surface area contributed by atoms with Crippen molar-refractivity contribution in [3.8, 4) is 0 Å². The van der Waals surface area contributed by atoms with Gasteiger partial charge in [0.15, 0.2) is 5.11 Å². The SMILES string of the molecule is CN(C)CCCNC(=S)NNC(=O)CN(C)S(=O)(=O)c1ccc(Cl)cc1. The minimum Gasteiger partial charge on any atom is -0.361 e. The van der Waals surface area contributed by atoms with E-state index >= 15 is 0 Å². The average molecular weight is 422 g/mol. The number of benzene rings is 1. The molecule has 1 amide bonds. The molecule has 0 fully saturated rings. The fourth-order valence-corrected chi connectivity index (χ4v) is 3.29. The fourth-order valence-electron chi connectivity index (χ4n) is 1.88. The highest BCUT2D eigenvalue weighted by atomic mass is 35.5. The second-order valence-corrected chi connectivity index (χ2v) is 8.69. The van der Waals surface area contributed by atoms with Gasteiger partial charge in [0.2, 0.25) is 10.0 Å². The maximum Gasteiger partial charge on any atom is 0.253 e. The zero-order chi connectivity index (χ0) is 19.7. The van der Waals surface area contributed by atoms with Gasteiger partial charge >= 0.3 is 0 Å². The number of carbonyl (C=O) groups excluding carboxylic acids is 1. The zero-order valence-electron chi connectivity index (χ0n) is 15.0. The van der Waals surface area contributed by atoms with Crippen LogP contribution in [0.15, 0.2) is 29.2 Å². The summed E-state index contributed by atoms with van der Waals surface area (Å²) in [6.45, 7) is 1.21. The van der Waals surface area contributed by atoms with Crippen molar-refractivity contribution in [1.29, 1.82) is 0 Å². The van der Waals surface area contributed by atoms with E-state index in [0.717, 1.165) is 17.3 Å². The molecular formula is C15H24ClN5O3S2. The molecule has 0 aliphatic heterocycles. The monoisotopic (exact) mass is 421 g/mol. The second-order valence-electron chi connectivity index (χ2n) is 5.80. The lowest BCUT2D eigenvalue weighted by atomic mass is 10.4. The molecule has 0 radical (unpaired) electrons. The molecule has 0 heterocycles. The Balaban J connectivity index is 2.42. The normalized spacial score (nSPS) is 11.5. The van der Waals surface area contributed by atoms with Crippen molar-refractivity contribution in [2.45, 2.75) is 11.3 Å². The highest BCUT2D eigenvalue weighted by Crippen LogP contribution is 2.17. The van der Waals surface area contributed by atoms with Crippen molar-refractivity contribution in [3.63, 3.8) is 0 Å². The van der Waals surface area contributed by atoms with Gasteiger partial charge in [0.05, 0.1) is 11.4 Å². The number of amides is 1. The molecule has 0 aromatic heterocycles. The van der Waals surface area contributed by atoms with Gasteiger partial charge in [-0.15, -0.1) is 0 Å². The number of likely N-dealkylation sites (N-methyl/N-ethyl adjacent to an activating group) is 1. The smallest absolute Gasteiger partial charge is 0.253 e. The van der Waals surface area contributed by atoms with E-state index in [1.165, 1.54) is 31.3 Å². The summed E-state index contributed by atoms with van der Waals surface area (Å²) in [4.78, 5) is 14.0. The van der Waals surface area contributed by atoms with Crippen LogP contribution in [0.2, 0.25) is 5.02 Å². The molecule has 1 aromatic carbocycles. The maximum absolute atomic E-state index is 12.4. The zero-order valence-corrected chi connectivity index (χ0v) is 17.3. The molecule has 0 spiro atoms. The molecule has 0 unspecified atom stereocenters. The van der Waals surface area contributed by atoms with E-state index in [9.17, 15) is 13.2 Å². The van der Waals surface area contributed by atoms with Crippen LogP contribution in [0.5, 0.6) is 0 Å². The van der Waals surface area contributed by atoms with Crippen molar-refractivity contribution in [2.75, 3.05) is 40.8 Å². The lowest BCUT2D eigenvalue weighted by Crippen LogP contribution is -2.50. The first-order valence-electron chi connectivity index (χ1n) is 7.82. The number of nitrogens with zero attached hydrogens (tertiary/aromatic N) is 2. The van der Waals surface area contributed by atoms with Crippen molar-refractivity contribution in [2.24, 2.45) is 0 Å². The molecule has 1 aromatic rings. The number of hydrazine groups is 1. The van der Waals surface area contributed by atoms with Crippen molar-refractivity contribution < 1.29 is 13.2 Å². The molecule has 0 aliphatic rings. The van der Waals surface area contributed by atoms with Gasteiger partial charge in [0.1, 0.15) is 0 Å². The van der Waals surface area contributed by atoms with Crippen molar-refractivity contribution in [1.82, 2.24) is 25.4 Å². The predicted molar refractivity (Wildman–Crippen MR) is 106 cm³/mol. The number of hydrogen-bond acceptors (Lipinski definition) is 5. The Labute approximate surface area is 164 Å². The Hall–Kier alpha value is -1.46. The summed E-state index contributed by atoms with van der Waals surface area (Å²) in [5, 5.41) is 3.64. The highest BCUT2D eigenvalue weighted by Gasteiger charge is 2.22. The highest BCUT2D eigenvalue weighted by molar-refractivity contribution is 7.89. The summed E-state index contributed by atoms with van der Waals surface area (Å²) in [6, 6.07) is 5.73. The van der Waals surface area contributed by atoms with Crippen LogP contribution in [-0.4, -0.2) is 69.4 Å². The molecule has 146 valence electrons. The topological polar surface area (TPSA) is 93.8 Å². The maximum atomic E-state index is 12.4. The molecular weight excluding hydrogens is 398 g/mol. The van der Waals surface area contributed by atoms with Gasteiger partial charge in [-0.3, -0.25) is 15.6 Å². The number of halogens is 1. The summed E-state index contributed by atoms with van der Waals surface area (Å²) >= 11 is 10.8. The molecule has 8 nitrogen and oxygen atoms in total. The Bertz CT molecular complexity index is 710. The molecule has 3 N–H and O–H groups in total. The van der Waals surface area contributed by atoms with E-state index in [4.69, 9.17) is 23.8 Å². The summed E-state index contributed by atoms with van der Waals surface area (Å²) in [5.74, 6) is -0.539. The summed E-state index contributed by atoms with van der Waals surface area (Å²) in [5.41, 5.74) is 4.91. The average Bonchev–Trinajstić information content (AvgIpc) is 2.57. The van der Waals surface area contributed by atoms with Gasteiger partial charge in [0, 0.05) is 18.6 Å². The standard InChI is InChI=1S/C15H24ClN5O3S2/c1-20(2)10-4-9-17-15(25)19-18-14(22)11-21(3)26(23,24)13-7-5-12(16)6-8-13/h5-8H,4,9-11H2,1-3H3,(H,18,22)(H2,17,19,25). The minimum atomic E-state index is -3.78. The molecule has 26 heavy (non-hydrogen) atoms. The Kier molecular flexibility index (Phi) is 9.23.